The van der Waals surface area contributed by atoms with E-state index in [1.807, 2.05) is 54.7 Å². The number of amides is 1. The van der Waals surface area contributed by atoms with E-state index in [1.54, 1.807) is 7.11 Å². The fourth-order valence-corrected chi connectivity index (χ4v) is 4.23. The molecule has 0 unspecified atom stereocenters. The maximum atomic E-state index is 12.8. The number of methoxy groups -OCH3 is 1. The lowest BCUT2D eigenvalue weighted by molar-refractivity contribution is -0.132. The van der Waals surface area contributed by atoms with Crippen molar-refractivity contribution in [2.45, 2.75) is 6.42 Å². The van der Waals surface area contributed by atoms with Gasteiger partial charge in [0, 0.05) is 29.7 Å². The zero-order valence-corrected chi connectivity index (χ0v) is 17.0. The van der Waals surface area contributed by atoms with Gasteiger partial charge in [0.15, 0.2) is 5.17 Å². The molecule has 0 bridgehead atoms. The van der Waals surface area contributed by atoms with Gasteiger partial charge in [-0.15, -0.1) is 0 Å². The second kappa shape index (κ2) is 8.46. The van der Waals surface area contributed by atoms with Crippen LogP contribution in [0.1, 0.15) is 5.56 Å². The summed E-state index contributed by atoms with van der Waals surface area (Å²) < 4.78 is 5.31. The molecule has 3 aromatic rings. The number of ether oxygens (including phenoxy) is 1. The maximum absolute atomic E-state index is 12.8. The zero-order chi connectivity index (χ0) is 21.1. The van der Waals surface area contributed by atoms with Crippen LogP contribution in [0.3, 0.4) is 0 Å². The Morgan fingerprint density at radius 2 is 2.07 bits per heavy atom. The first-order chi connectivity index (χ1) is 14.5. The monoisotopic (exact) mass is 421 g/mol. The lowest BCUT2D eigenvalue weighted by Crippen LogP contribution is -2.31. The van der Waals surface area contributed by atoms with Gasteiger partial charge in [-0.3, -0.25) is 9.69 Å². The minimum absolute atomic E-state index is 0.151. The Morgan fingerprint density at radius 3 is 2.80 bits per heavy atom. The molecule has 0 atom stereocenters. The summed E-state index contributed by atoms with van der Waals surface area (Å²) in [5.74, 6) is -0.751. The molecule has 4 rings (SSSR count). The maximum Gasteiger partial charge on any atom is 0.329 e. The third kappa shape index (κ3) is 4.08. The smallest absolute Gasteiger partial charge is 0.329 e. The number of aromatic nitrogens is 1. The van der Waals surface area contributed by atoms with Crippen LogP contribution < -0.4 is 4.74 Å². The van der Waals surface area contributed by atoms with Crippen LogP contribution in [0.25, 0.3) is 10.9 Å². The molecular formula is C22H19N3O4S. The first kappa shape index (κ1) is 19.8. The van der Waals surface area contributed by atoms with Crippen molar-refractivity contribution in [2.75, 3.05) is 13.7 Å². The molecule has 1 aliphatic heterocycles. The predicted molar refractivity (Wildman–Crippen MR) is 117 cm³/mol. The van der Waals surface area contributed by atoms with Gasteiger partial charge in [0.2, 0.25) is 0 Å². The first-order valence-electron chi connectivity index (χ1n) is 9.27. The van der Waals surface area contributed by atoms with Gasteiger partial charge < -0.3 is 14.8 Å². The molecule has 1 aromatic heterocycles. The molecule has 7 nitrogen and oxygen atoms in total. The summed E-state index contributed by atoms with van der Waals surface area (Å²) >= 11 is 1.08. The number of carbonyl (C=O) groups is 2. The van der Waals surface area contributed by atoms with Crippen LogP contribution in [-0.2, 0) is 16.0 Å². The van der Waals surface area contributed by atoms with E-state index in [4.69, 9.17) is 9.84 Å². The number of hydrogen-bond donors (Lipinski definition) is 2. The highest BCUT2D eigenvalue weighted by atomic mass is 32.2. The zero-order valence-electron chi connectivity index (χ0n) is 16.2. The molecule has 0 saturated carbocycles. The van der Waals surface area contributed by atoms with E-state index >= 15 is 0 Å². The summed E-state index contributed by atoms with van der Waals surface area (Å²) in [7, 11) is 1.62. The average Bonchev–Trinajstić information content (AvgIpc) is 3.27. The fraction of sp³-hybridized carbons (Fsp3) is 0.136. The standard InChI is InChI=1S/C22H19N3O4S/c1-29-16-7-8-18-17(11-16)14(13-23-18)9-10-25-21(28)19(12-20(26)27)30-22(25)24-15-5-3-2-4-6-15/h2-8,11-13,23H,9-10H2,1H3,(H,26,27). The third-order valence-corrected chi connectivity index (χ3v) is 5.71. The van der Waals surface area contributed by atoms with Crippen LogP contribution in [-0.4, -0.2) is 45.7 Å². The van der Waals surface area contributed by atoms with E-state index in [1.165, 1.54) is 4.90 Å². The van der Waals surface area contributed by atoms with Crippen LogP contribution in [0.5, 0.6) is 5.75 Å². The number of para-hydroxylation sites is 1. The number of fused-ring (bicyclic) bond motifs is 1. The van der Waals surface area contributed by atoms with Gasteiger partial charge in [0.05, 0.1) is 17.7 Å². The molecule has 1 fully saturated rings. The molecule has 0 spiro atoms. The van der Waals surface area contributed by atoms with Gasteiger partial charge >= 0.3 is 5.97 Å². The molecule has 0 radical (unpaired) electrons. The third-order valence-electron chi connectivity index (χ3n) is 4.70. The number of carboxylic acids is 1. The van der Waals surface area contributed by atoms with Crippen LogP contribution in [0, 0.1) is 0 Å². The molecule has 1 aliphatic rings. The highest BCUT2D eigenvalue weighted by molar-refractivity contribution is 8.18. The number of nitrogens with zero attached hydrogens (tertiary/aromatic N) is 2. The van der Waals surface area contributed by atoms with Gasteiger partial charge in [-0.2, -0.15) is 0 Å². The molecular weight excluding hydrogens is 402 g/mol. The summed E-state index contributed by atoms with van der Waals surface area (Å²) in [4.78, 5) is 33.4. The molecule has 2 heterocycles. The highest BCUT2D eigenvalue weighted by Gasteiger charge is 2.33. The minimum Gasteiger partial charge on any atom is -0.497 e. The van der Waals surface area contributed by atoms with E-state index < -0.39 is 5.97 Å². The number of hydrogen-bond acceptors (Lipinski definition) is 5. The highest BCUT2D eigenvalue weighted by Crippen LogP contribution is 2.33. The SMILES string of the molecule is COc1ccc2[nH]cc(CCN3C(=O)C(=CC(=O)O)SC3=Nc3ccccc3)c2c1. The van der Waals surface area contributed by atoms with Gasteiger partial charge in [0.1, 0.15) is 5.75 Å². The molecule has 0 aliphatic carbocycles. The van der Waals surface area contributed by atoms with Gasteiger partial charge in [-0.05, 0) is 54.1 Å². The van der Waals surface area contributed by atoms with Gasteiger partial charge in [0.25, 0.3) is 5.91 Å². The van der Waals surface area contributed by atoms with Crippen molar-refractivity contribution in [1.82, 2.24) is 9.88 Å². The van der Waals surface area contributed by atoms with Crippen molar-refractivity contribution in [1.29, 1.82) is 0 Å². The number of H-pyrrole nitrogens is 1. The Labute approximate surface area is 177 Å². The van der Waals surface area contributed by atoms with Crippen molar-refractivity contribution in [3.63, 3.8) is 0 Å². The number of aromatic amines is 1. The summed E-state index contributed by atoms with van der Waals surface area (Å²) in [6, 6.07) is 15.1. The number of benzene rings is 2. The number of carbonyl (C=O) groups excluding carboxylic acids is 1. The lowest BCUT2D eigenvalue weighted by atomic mass is 10.1. The Hall–Kier alpha value is -3.52. The van der Waals surface area contributed by atoms with E-state index in [9.17, 15) is 9.59 Å². The number of nitrogens with one attached hydrogen (secondary N) is 1. The quantitative estimate of drug-likeness (QED) is 0.588. The van der Waals surface area contributed by atoms with Crippen LogP contribution in [0.2, 0.25) is 0 Å². The second-order valence-corrected chi connectivity index (χ2v) is 7.62. The summed E-state index contributed by atoms with van der Waals surface area (Å²) in [5, 5.41) is 10.6. The topological polar surface area (TPSA) is 95.0 Å². The number of amidine groups is 1. The molecule has 30 heavy (non-hydrogen) atoms. The van der Waals surface area contributed by atoms with Crippen molar-refractivity contribution in [2.24, 2.45) is 4.99 Å². The normalized spacial score (nSPS) is 16.7. The summed E-state index contributed by atoms with van der Waals surface area (Å²) in [6.07, 6.45) is 3.43. The largest absolute Gasteiger partial charge is 0.497 e. The van der Waals surface area contributed by atoms with Crippen molar-refractivity contribution >= 4 is 45.4 Å². The Morgan fingerprint density at radius 1 is 1.27 bits per heavy atom. The molecule has 8 heteroatoms. The number of carboxylic acid groups (broad SMARTS) is 1. The van der Waals surface area contributed by atoms with E-state index in [-0.39, 0.29) is 10.8 Å². The molecule has 2 aromatic carbocycles. The van der Waals surface area contributed by atoms with Gasteiger partial charge in [-0.25, -0.2) is 9.79 Å². The van der Waals surface area contributed by atoms with Crippen LogP contribution in [0.4, 0.5) is 5.69 Å². The summed E-state index contributed by atoms with van der Waals surface area (Å²) in [6.45, 7) is 0.374. The van der Waals surface area contributed by atoms with E-state index in [0.717, 1.165) is 40.1 Å². The summed E-state index contributed by atoms with van der Waals surface area (Å²) in [5.41, 5.74) is 2.72. The minimum atomic E-state index is -1.16. The number of aliphatic imine (C=N–C) groups is 1. The second-order valence-electron chi connectivity index (χ2n) is 6.61. The van der Waals surface area contributed by atoms with Crippen LogP contribution in [0.15, 0.2) is 70.7 Å². The number of aliphatic carboxylic acids is 1. The Balaban J connectivity index is 1.62. The molecule has 1 saturated heterocycles. The molecule has 1 amide bonds. The lowest BCUT2D eigenvalue weighted by Gasteiger charge is -2.15. The molecule has 152 valence electrons. The van der Waals surface area contributed by atoms with Crippen molar-refractivity contribution in [3.8, 4) is 5.75 Å². The first-order valence-corrected chi connectivity index (χ1v) is 10.1. The Bertz CT molecular complexity index is 1170. The van der Waals surface area contributed by atoms with Crippen LogP contribution >= 0.6 is 11.8 Å². The van der Waals surface area contributed by atoms with Gasteiger partial charge in [-0.1, -0.05) is 18.2 Å². The Kier molecular flexibility index (Phi) is 5.58. The van der Waals surface area contributed by atoms with Crippen molar-refractivity contribution < 1.29 is 19.4 Å². The fourth-order valence-electron chi connectivity index (χ4n) is 3.24. The van der Waals surface area contributed by atoms with E-state index in [0.29, 0.717) is 23.8 Å². The number of rotatable bonds is 6. The predicted octanol–water partition coefficient (Wildman–Crippen LogP) is 3.95. The van der Waals surface area contributed by atoms with E-state index in [2.05, 4.69) is 9.98 Å². The molecule has 2 N–H and O–H groups in total. The van der Waals surface area contributed by atoms with Crippen molar-refractivity contribution in [3.05, 3.63) is 71.3 Å². The average molecular weight is 421 g/mol. The number of thioether (sulfide) groups is 1.